The molecule has 124 valence electrons. The maximum absolute atomic E-state index is 12.2. The minimum Gasteiger partial charge on any atom is -0.381 e. The highest BCUT2D eigenvalue weighted by atomic mass is 32.2. The van der Waals surface area contributed by atoms with Crippen molar-refractivity contribution < 1.29 is 13.2 Å². The zero-order valence-electron chi connectivity index (χ0n) is 13.4. The zero-order chi connectivity index (χ0) is 16.0. The van der Waals surface area contributed by atoms with Gasteiger partial charge in [-0.05, 0) is 44.9 Å². The largest absolute Gasteiger partial charge is 0.381 e. The van der Waals surface area contributed by atoms with Crippen LogP contribution in [0.1, 0.15) is 18.4 Å². The summed E-state index contributed by atoms with van der Waals surface area (Å²) >= 11 is 0. The van der Waals surface area contributed by atoms with E-state index in [0.717, 1.165) is 38.2 Å². The third-order valence-corrected chi connectivity index (χ3v) is 5.50. The fraction of sp³-hybridized carbons (Fsp3) is 0.625. The van der Waals surface area contributed by atoms with E-state index in [9.17, 15) is 8.42 Å². The van der Waals surface area contributed by atoms with Gasteiger partial charge < -0.3 is 9.64 Å². The molecule has 6 heteroatoms. The molecule has 1 heterocycles. The van der Waals surface area contributed by atoms with E-state index >= 15 is 0 Å². The Morgan fingerprint density at radius 2 is 1.86 bits per heavy atom. The number of nitrogens with zero attached hydrogens (tertiary/aromatic N) is 1. The molecule has 0 spiro atoms. The lowest BCUT2D eigenvalue weighted by Crippen LogP contribution is -2.36. The first-order valence-corrected chi connectivity index (χ1v) is 9.28. The van der Waals surface area contributed by atoms with Crippen LogP contribution < -0.4 is 4.72 Å². The number of hydrogen-bond donors (Lipinski definition) is 1. The van der Waals surface area contributed by atoms with Gasteiger partial charge in [-0.15, -0.1) is 0 Å². The Morgan fingerprint density at radius 3 is 2.50 bits per heavy atom. The van der Waals surface area contributed by atoms with Crippen molar-refractivity contribution in [3.05, 3.63) is 29.8 Å². The molecule has 0 unspecified atom stereocenters. The Hall–Kier alpha value is -0.950. The normalized spacial score (nSPS) is 17.0. The molecule has 0 aliphatic carbocycles. The monoisotopic (exact) mass is 326 g/mol. The molecule has 0 amide bonds. The van der Waals surface area contributed by atoms with Gasteiger partial charge in [0.1, 0.15) is 0 Å². The average molecular weight is 326 g/mol. The third kappa shape index (κ3) is 5.35. The maximum Gasteiger partial charge on any atom is 0.240 e. The summed E-state index contributed by atoms with van der Waals surface area (Å²) in [6.45, 7) is 5.76. The predicted molar refractivity (Wildman–Crippen MR) is 87.4 cm³/mol. The summed E-state index contributed by atoms with van der Waals surface area (Å²) < 4.78 is 32.4. The van der Waals surface area contributed by atoms with Crippen molar-refractivity contribution in [1.29, 1.82) is 0 Å². The summed E-state index contributed by atoms with van der Waals surface area (Å²) in [5, 5.41) is 0. The van der Waals surface area contributed by atoms with Crippen LogP contribution in [-0.2, 0) is 14.8 Å². The third-order valence-electron chi connectivity index (χ3n) is 4.03. The standard InChI is InChI=1S/C16H26N2O3S/c1-14-3-5-16(6-4-14)22(19,20)17-9-10-18(2)13-15-7-11-21-12-8-15/h3-6,15,17H,7-13H2,1-2H3. The van der Waals surface area contributed by atoms with E-state index in [1.165, 1.54) is 0 Å². The van der Waals surface area contributed by atoms with Gasteiger partial charge in [-0.2, -0.15) is 0 Å². The summed E-state index contributed by atoms with van der Waals surface area (Å²) in [6, 6.07) is 6.91. The van der Waals surface area contributed by atoms with E-state index in [-0.39, 0.29) is 0 Å². The first-order valence-electron chi connectivity index (χ1n) is 7.80. The van der Waals surface area contributed by atoms with Crippen LogP contribution >= 0.6 is 0 Å². The van der Waals surface area contributed by atoms with E-state index < -0.39 is 10.0 Å². The Bertz CT molecular complexity index is 551. The molecule has 0 atom stereocenters. The van der Waals surface area contributed by atoms with Crippen molar-refractivity contribution in [2.24, 2.45) is 5.92 Å². The molecule has 0 aromatic heterocycles. The molecule has 1 aliphatic heterocycles. The predicted octanol–water partition coefficient (Wildman–Crippen LogP) is 1.63. The first kappa shape index (κ1) is 17.4. The quantitative estimate of drug-likeness (QED) is 0.827. The second-order valence-electron chi connectivity index (χ2n) is 6.03. The molecular weight excluding hydrogens is 300 g/mol. The lowest BCUT2D eigenvalue weighted by atomic mass is 10.00. The van der Waals surface area contributed by atoms with Gasteiger partial charge in [-0.25, -0.2) is 13.1 Å². The molecule has 0 bridgehead atoms. The molecule has 22 heavy (non-hydrogen) atoms. The van der Waals surface area contributed by atoms with Crippen LogP contribution in [0, 0.1) is 12.8 Å². The molecule has 1 aliphatic rings. The van der Waals surface area contributed by atoms with Crippen LogP contribution in [0.5, 0.6) is 0 Å². The second-order valence-corrected chi connectivity index (χ2v) is 7.80. The van der Waals surface area contributed by atoms with Crippen molar-refractivity contribution >= 4 is 10.0 Å². The van der Waals surface area contributed by atoms with E-state index in [1.807, 2.05) is 26.1 Å². The highest BCUT2D eigenvalue weighted by Crippen LogP contribution is 2.15. The summed E-state index contributed by atoms with van der Waals surface area (Å²) in [4.78, 5) is 2.51. The Kier molecular flexibility index (Phi) is 6.37. The fourth-order valence-electron chi connectivity index (χ4n) is 2.63. The van der Waals surface area contributed by atoms with E-state index in [4.69, 9.17) is 4.74 Å². The van der Waals surface area contributed by atoms with E-state index in [2.05, 4.69) is 9.62 Å². The van der Waals surface area contributed by atoms with Gasteiger partial charge in [0.05, 0.1) is 4.90 Å². The Labute approximate surface area is 133 Å². The number of rotatable bonds is 7. The average Bonchev–Trinajstić information content (AvgIpc) is 2.48. The SMILES string of the molecule is Cc1ccc(S(=O)(=O)NCCN(C)CC2CCOCC2)cc1. The summed E-state index contributed by atoms with van der Waals surface area (Å²) in [6.07, 6.45) is 2.19. The van der Waals surface area contributed by atoms with Gasteiger partial charge in [-0.1, -0.05) is 17.7 Å². The fourth-order valence-corrected chi connectivity index (χ4v) is 3.65. The van der Waals surface area contributed by atoms with Gasteiger partial charge in [0.15, 0.2) is 0 Å². The van der Waals surface area contributed by atoms with Crippen molar-refractivity contribution in [2.75, 3.05) is 39.9 Å². The van der Waals surface area contributed by atoms with Gasteiger partial charge in [0.2, 0.25) is 10.0 Å². The molecule has 5 nitrogen and oxygen atoms in total. The highest BCUT2D eigenvalue weighted by Gasteiger charge is 2.17. The van der Waals surface area contributed by atoms with Crippen molar-refractivity contribution in [2.45, 2.75) is 24.7 Å². The number of likely N-dealkylation sites (N-methyl/N-ethyl adjacent to an activating group) is 1. The molecule has 1 aromatic rings. The molecular formula is C16H26N2O3S. The molecule has 1 saturated heterocycles. The van der Waals surface area contributed by atoms with Crippen molar-refractivity contribution in [1.82, 2.24) is 9.62 Å². The van der Waals surface area contributed by atoms with Crippen LogP contribution in [0.2, 0.25) is 0 Å². The number of hydrogen-bond acceptors (Lipinski definition) is 4. The minimum atomic E-state index is -3.40. The summed E-state index contributed by atoms with van der Waals surface area (Å²) in [5.41, 5.74) is 1.05. The van der Waals surface area contributed by atoms with Crippen molar-refractivity contribution in [3.8, 4) is 0 Å². The number of benzene rings is 1. The molecule has 0 saturated carbocycles. The smallest absolute Gasteiger partial charge is 0.240 e. The molecule has 1 aromatic carbocycles. The van der Waals surface area contributed by atoms with Crippen LogP contribution in [-0.4, -0.2) is 53.2 Å². The van der Waals surface area contributed by atoms with Crippen LogP contribution in [0.3, 0.4) is 0 Å². The van der Waals surface area contributed by atoms with Gasteiger partial charge in [-0.3, -0.25) is 0 Å². The highest BCUT2D eigenvalue weighted by molar-refractivity contribution is 7.89. The zero-order valence-corrected chi connectivity index (χ0v) is 14.2. The second kappa shape index (κ2) is 8.06. The van der Waals surface area contributed by atoms with Crippen molar-refractivity contribution in [3.63, 3.8) is 0 Å². The molecule has 1 fully saturated rings. The van der Waals surface area contributed by atoms with Crippen LogP contribution in [0.15, 0.2) is 29.2 Å². The number of sulfonamides is 1. The summed E-state index contributed by atoms with van der Waals surface area (Å²) in [5.74, 6) is 0.660. The first-order chi connectivity index (χ1) is 10.5. The van der Waals surface area contributed by atoms with E-state index in [1.54, 1.807) is 12.1 Å². The molecule has 0 radical (unpaired) electrons. The van der Waals surface area contributed by atoms with Crippen LogP contribution in [0.25, 0.3) is 0 Å². The Morgan fingerprint density at radius 1 is 1.23 bits per heavy atom. The maximum atomic E-state index is 12.2. The summed E-state index contributed by atoms with van der Waals surface area (Å²) in [7, 11) is -1.37. The van der Waals surface area contributed by atoms with Gasteiger partial charge in [0, 0.05) is 32.8 Å². The molecule has 1 N–H and O–H groups in total. The lowest BCUT2D eigenvalue weighted by Gasteiger charge is -2.27. The van der Waals surface area contributed by atoms with Gasteiger partial charge >= 0.3 is 0 Å². The number of nitrogens with one attached hydrogen (secondary N) is 1. The minimum absolute atomic E-state index is 0.324. The number of aryl methyl sites for hydroxylation is 1. The molecule has 2 rings (SSSR count). The lowest BCUT2D eigenvalue weighted by molar-refractivity contribution is 0.0560. The Balaban J connectivity index is 1.75. The van der Waals surface area contributed by atoms with Crippen LogP contribution in [0.4, 0.5) is 0 Å². The number of ether oxygens (including phenoxy) is 1. The van der Waals surface area contributed by atoms with E-state index in [0.29, 0.717) is 23.9 Å². The van der Waals surface area contributed by atoms with Gasteiger partial charge in [0.25, 0.3) is 0 Å². The topological polar surface area (TPSA) is 58.6 Å².